The first kappa shape index (κ1) is 16.2. The van der Waals surface area contributed by atoms with Crippen LogP contribution in [0.2, 0.25) is 0 Å². The Morgan fingerprint density at radius 3 is 2.25 bits per heavy atom. The van der Waals surface area contributed by atoms with E-state index in [9.17, 15) is 0 Å². The van der Waals surface area contributed by atoms with Crippen molar-refractivity contribution in [3.05, 3.63) is 47.6 Å². The first-order valence-electron chi connectivity index (χ1n) is 7.94. The highest BCUT2D eigenvalue weighted by Gasteiger charge is 2.18. The van der Waals surface area contributed by atoms with E-state index < -0.39 is 0 Å². The van der Waals surface area contributed by atoms with E-state index in [2.05, 4.69) is 27.1 Å². The minimum absolute atomic E-state index is 0.146. The summed E-state index contributed by atoms with van der Waals surface area (Å²) in [5.74, 6) is 4.32. The Kier molecular flexibility index (Phi) is 4.33. The zero-order chi connectivity index (χ0) is 17.3. The number of nitrogens with zero attached hydrogens (tertiary/aromatic N) is 6. The van der Waals surface area contributed by atoms with Crippen molar-refractivity contribution in [2.24, 2.45) is 0 Å². The molecule has 0 saturated heterocycles. The molecule has 0 aliphatic heterocycles. The molecule has 0 N–H and O–H groups in total. The Labute approximate surface area is 141 Å². The van der Waals surface area contributed by atoms with E-state index in [0.29, 0.717) is 6.54 Å². The molecule has 0 spiro atoms. The smallest absolute Gasteiger partial charge is 0.148 e. The molecule has 0 amide bonds. The highest BCUT2D eigenvalue weighted by Crippen LogP contribution is 2.21. The summed E-state index contributed by atoms with van der Waals surface area (Å²) in [6.07, 6.45) is 0. The summed E-state index contributed by atoms with van der Waals surface area (Å²) in [5.41, 5.74) is 0.963. The summed E-state index contributed by atoms with van der Waals surface area (Å²) < 4.78 is 9.03. The monoisotopic (exact) mass is 326 g/mol. The number of aryl methyl sites for hydroxylation is 3. The van der Waals surface area contributed by atoms with E-state index in [1.165, 1.54) is 0 Å². The number of hydrogen-bond donors (Lipinski definition) is 0. The molecule has 0 saturated carbocycles. The van der Waals surface area contributed by atoms with Crippen molar-refractivity contribution in [1.82, 2.24) is 29.5 Å². The molecule has 3 rings (SSSR count). The molecule has 0 fully saturated rings. The van der Waals surface area contributed by atoms with Gasteiger partial charge in [-0.15, -0.1) is 0 Å². The average Bonchev–Trinajstić information content (AvgIpc) is 3.10. The van der Waals surface area contributed by atoms with Crippen LogP contribution in [0.4, 0.5) is 0 Å². The van der Waals surface area contributed by atoms with Crippen LogP contribution in [0.5, 0.6) is 5.75 Å². The second kappa shape index (κ2) is 6.43. The predicted molar refractivity (Wildman–Crippen MR) is 90.6 cm³/mol. The molecular formula is C17H22N6O. The molecule has 2 aromatic heterocycles. The first-order valence-corrected chi connectivity index (χ1v) is 7.94. The highest BCUT2D eigenvalue weighted by atomic mass is 16.5. The molecule has 1 atom stereocenters. The van der Waals surface area contributed by atoms with Crippen molar-refractivity contribution < 1.29 is 4.74 Å². The maximum absolute atomic E-state index is 5.22. The van der Waals surface area contributed by atoms with Crippen molar-refractivity contribution in [2.75, 3.05) is 7.11 Å². The van der Waals surface area contributed by atoms with Gasteiger partial charge in [-0.05, 0) is 45.0 Å². The minimum Gasteiger partial charge on any atom is -0.497 e. The molecule has 3 aromatic rings. The van der Waals surface area contributed by atoms with Gasteiger partial charge in [0.05, 0.1) is 19.3 Å². The number of benzene rings is 1. The van der Waals surface area contributed by atoms with Gasteiger partial charge in [0.1, 0.15) is 29.0 Å². The fraction of sp³-hybridized carbons (Fsp3) is 0.412. The third-order valence-corrected chi connectivity index (χ3v) is 3.91. The van der Waals surface area contributed by atoms with Crippen molar-refractivity contribution >= 4 is 0 Å². The van der Waals surface area contributed by atoms with Crippen molar-refractivity contribution in [1.29, 1.82) is 0 Å². The lowest BCUT2D eigenvalue weighted by atomic mass is 10.1. The second-order valence-corrected chi connectivity index (χ2v) is 5.92. The summed E-state index contributed by atoms with van der Waals surface area (Å²) in [4.78, 5) is 8.98. The van der Waals surface area contributed by atoms with E-state index in [0.717, 1.165) is 34.7 Å². The van der Waals surface area contributed by atoms with E-state index in [4.69, 9.17) is 4.74 Å². The van der Waals surface area contributed by atoms with Gasteiger partial charge >= 0.3 is 0 Å². The third-order valence-electron chi connectivity index (χ3n) is 3.91. The number of aromatic nitrogens is 6. The quantitative estimate of drug-likeness (QED) is 0.721. The Morgan fingerprint density at radius 2 is 1.67 bits per heavy atom. The zero-order valence-corrected chi connectivity index (χ0v) is 14.7. The lowest BCUT2D eigenvalue weighted by Gasteiger charge is -2.13. The summed E-state index contributed by atoms with van der Waals surface area (Å²) in [5, 5.41) is 8.99. The Bertz CT molecular complexity index is 833. The SMILES string of the molecule is COc1ccc(-n2nc(C)nc2[C@H](C)Cn2nc(C)nc2C)cc1. The lowest BCUT2D eigenvalue weighted by molar-refractivity contribution is 0.414. The van der Waals surface area contributed by atoms with Gasteiger partial charge in [0.2, 0.25) is 0 Å². The molecular weight excluding hydrogens is 304 g/mol. The van der Waals surface area contributed by atoms with Crippen molar-refractivity contribution in [3.63, 3.8) is 0 Å². The molecule has 0 radical (unpaired) electrons. The van der Waals surface area contributed by atoms with Gasteiger partial charge in [-0.3, -0.25) is 0 Å². The van der Waals surface area contributed by atoms with E-state index in [1.54, 1.807) is 7.11 Å². The number of hydrogen-bond acceptors (Lipinski definition) is 5. The lowest BCUT2D eigenvalue weighted by Crippen LogP contribution is -2.14. The highest BCUT2D eigenvalue weighted by molar-refractivity contribution is 5.37. The fourth-order valence-corrected chi connectivity index (χ4v) is 2.74. The minimum atomic E-state index is 0.146. The Balaban J connectivity index is 1.91. The van der Waals surface area contributed by atoms with E-state index in [1.807, 2.05) is 54.4 Å². The Hall–Kier alpha value is -2.70. The van der Waals surface area contributed by atoms with Crippen molar-refractivity contribution in [3.8, 4) is 11.4 Å². The van der Waals surface area contributed by atoms with Crippen LogP contribution < -0.4 is 4.74 Å². The molecule has 0 unspecified atom stereocenters. The van der Waals surface area contributed by atoms with Gasteiger partial charge in [0.25, 0.3) is 0 Å². The maximum Gasteiger partial charge on any atom is 0.148 e. The maximum atomic E-state index is 5.22. The van der Waals surface area contributed by atoms with Gasteiger partial charge in [-0.25, -0.2) is 19.3 Å². The van der Waals surface area contributed by atoms with Gasteiger partial charge in [-0.1, -0.05) is 6.92 Å². The van der Waals surface area contributed by atoms with Gasteiger partial charge in [0.15, 0.2) is 0 Å². The summed E-state index contributed by atoms with van der Waals surface area (Å²) in [6.45, 7) is 8.60. The summed E-state index contributed by atoms with van der Waals surface area (Å²) in [6, 6.07) is 7.81. The van der Waals surface area contributed by atoms with E-state index in [-0.39, 0.29) is 5.92 Å². The molecule has 0 bridgehead atoms. The fourth-order valence-electron chi connectivity index (χ4n) is 2.74. The summed E-state index contributed by atoms with van der Waals surface area (Å²) >= 11 is 0. The van der Waals surface area contributed by atoms with Crippen molar-refractivity contribution in [2.45, 2.75) is 40.2 Å². The summed E-state index contributed by atoms with van der Waals surface area (Å²) in [7, 11) is 1.66. The molecule has 126 valence electrons. The topological polar surface area (TPSA) is 70.7 Å². The van der Waals surface area contributed by atoms with Crippen LogP contribution in [0, 0.1) is 20.8 Å². The van der Waals surface area contributed by atoms with Gasteiger partial charge in [-0.2, -0.15) is 10.2 Å². The van der Waals surface area contributed by atoms with Gasteiger partial charge in [0, 0.05) is 5.92 Å². The molecule has 7 heteroatoms. The van der Waals surface area contributed by atoms with Crippen LogP contribution in [0.15, 0.2) is 24.3 Å². The molecule has 0 aliphatic rings. The number of ether oxygens (including phenoxy) is 1. The standard InChI is InChI=1S/C17H22N6O/c1-11(10-22-14(4)18-12(2)20-22)17-19-13(3)21-23(17)15-6-8-16(24-5)9-7-15/h6-9,11H,10H2,1-5H3/t11-/m1/s1. The average molecular weight is 326 g/mol. The first-order chi connectivity index (χ1) is 11.5. The van der Waals surface area contributed by atoms with Crippen LogP contribution in [0.3, 0.4) is 0 Å². The largest absolute Gasteiger partial charge is 0.497 e. The zero-order valence-electron chi connectivity index (χ0n) is 14.7. The van der Waals surface area contributed by atoms with Crippen LogP contribution in [-0.4, -0.2) is 36.6 Å². The molecule has 24 heavy (non-hydrogen) atoms. The molecule has 7 nitrogen and oxygen atoms in total. The number of methoxy groups -OCH3 is 1. The van der Waals surface area contributed by atoms with Crippen LogP contribution in [0.25, 0.3) is 5.69 Å². The predicted octanol–water partition coefficient (Wildman–Crippen LogP) is 2.60. The second-order valence-electron chi connectivity index (χ2n) is 5.92. The van der Waals surface area contributed by atoms with Crippen LogP contribution >= 0.6 is 0 Å². The molecule has 1 aromatic carbocycles. The van der Waals surface area contributed by atoms with Crippen LogP contribution in [0.1, 0.15) is 36.1 Å². The van der Waals surface area contributed by atoms with Gasteiger partial charge < -0.3 is 4.74 Å². The van der Waals surface area contributed by atoms with E-state index >= 15 is 0 Å². The molecule has 0 aliphatic carbocycles. The van der Waals surface area contributed by atoms with Crippen LogP contribution in [-0.2, 0) is 6.54 Å². The Morgan fingerprint density at radius 1 is 1.00 bits per heavy atom. The normalized spacial score (nSPS) is 12.4. The molecule has 2 heterocycles. The number of rotatable bonds is 5. The third kappa shape index (κ3) is 3.15.